The fourth-order valence-corrected chi connectivity index (χ4v) is 3.06. The second-order valence-corrected chi connectivity index (χ2v) is 7.06. The molecule has 0 bridgehead atoms. The first kappa shape index (κ1) is 22.5. The molecule has 10 nitrogen and oxygen atoms in total. The van der Waals surface area contributed by atoms with Crippen molar-refractivity contribution in [1.29, 1.82) is 0 Å². The number of nitrogens with zero attached hydrogens (tertiary/aromatic N) is 1. The number of aromatic nitrogens is 2. The van der Waals surface area contributed by atoms with E-state index in [1.165, 1.54) is 18.4 Å². The number of para-hydroxylation sites is 1. The summed E-state index contributed by atoms with van der Waals surface area (Å²) in [5.41, 5.74) is 0.329. The Morgan fingerprint density at radius 1 is 1.00 bits per heavy atom. The van der Waals surface area contributed by atoms with E-state index < -0.39 is 29.2 Å². The molecule has 0 saturated carbocycles. The van der Waals surface area contributed by atoms with Crippen LogP contribution in [0.5, 0.6) is 0 Å². The molecule has 0 aliphatic heterocycles. The van der Waals surface area contributed by atoms with Gasteiger partial charge < -0.3 is 15.4 Å². The van der Waals surface area contributed by atoms with E-state index in [1.807, 2.05) is 0 Å². The number of anilines is 2. The number of esters is 1. The van der Waals surface area contributed by atoms with Crippen molar-refractivity contribution in [3.8, 4) is 0 Å². The molecule has 2 amide bonds. The normalized spacial score (nSPS) is 11.6. The molecular formula is C22H22N4O6. The number of H-pyrrole nitrogens is 1. The van der Waals surface area contributed by atoms with E-state index in [-0.39, 0.29) is 18.9 Å². The molecule has 32 heavy (non-hydrogen) atoms. The summed E-state index contributed by atoms with van der Waals surface area (Å²) in [7, 11) is 0. The summed E-state index contributed by atoms with van der Waals surface area (Å²) < 4.78 is 6.44. The lowest BCUT2D eigenvalue weighted by molar-refractivity contribution is -0.153. The molecule has 0 spiro atoms. The molecule has 2 aromatic carbocycles. The van der Waals surface area contributed by atoms with Gasteiger partial charge in [0.15, 0.2) is 6.10 Å². The van der Waals surface area contributed by atoms with Crippen LogP contribution in [0.3, 0.4) is 0 Å². The topological polar surface area (TPSA) is 139 Å². The maximum atomic E-state index is 12.3. The molecule has 0 fully saturated rings. The molecule has 3 N–H and O–H groups in total. The van der Waals surface area contributed by atoms with Gasteiger partial charge in [-0.15, -0.1) is 0 Å². The van der Waals surface area contributed by atoms with Crippen LogP contribution in [0, 0.1) is 0 Å². The van der Waals surface area contributed by atoms with Crippen LogP contribution in [0.25, 0.3) is 10.9 Å². The van der Waals surface area contributed by atoms with Gasteiger partial charge in [0.1, 0.15) is 0 Å². The van der Waals surface area contributed by atoms with E-state index in [9.17, 15) is 24.0 Å². The van der Waals surface area contributed by atoms with Gasteiger partial charge in [-0.1, -0.05) is 12.1 Å². The van der Waals surface area contributed by atoms with E-state index in [0.29, 0.717) is 22.3 Å². The van der Waals surface area contributed by atoms with Crippen LogP contribution in [0.1, 0.15) is 20.3 Å². The number of amides is 2. The molecule has 1 atom stereocenters. The maximum absolute atomic E-state index is 12.3. The number of benzene rings is 2. The Hall–Kier alpha value is -4.21. The minimum Gasteiger partial charge on any atom is -0.452 e. The third kappa shape index (κ3) is 5.48. The summed E-state index contributed by atoms with van der Waals surface area (Å²) in [5.74, 6) is -1.41. The van der Waals surface area contributed by atoms with E-state index in [2.05, 4.69) is 15.6 Å². The zero-order valence-electron chi connectivity index (χ0n) is 17.5. The zero-order chi connectivity index (χ0) is 23.3. The molecule has 10 heteroatoms. The molecular weight excluding hydrogens is 416 g/mol. The van der Waals surface area contributed by atoms with Crippen LogP contribution in [0.4, 0.5) is 11.4 Å². The predicted molar refractivity (Wildman–Crippen MR) is 118 cm³/mol. The number of carbonyl (C=O) groups is 3. The van der Waals surface area contributed by atoms with E-state index in [4.69, 9.17) is 4.74 Å². The summed E-state index contributed by atoms with van der Waals surface area (Å²) in [6.45, 7) is 2.80. The maximum Gasteiger partial charge on any atom is 0.328 e. The van der Waals surface area contributed by atoms with Crippen molar-refractivity contribution < 1.29 is 19.1 Å². The molecule has 0 saturated heterocycles. The second kappa shape index (κ2) is 9.73. The van der Waals surface area contributed by atoms with Gasteiger partial charge in [0.2, 0.25) is 5.91 Å². The summed E-state index contributed by atoms with van der Waals surface area (Å²) in [5, 5.41) is 5.56. The average molecular weight is 438 g/mol. The molecule has 1 heterocycles. The number of nitrogens with one attached hydrogen (secondary N) is 3. The monoisotopic (exact) mass is 438 g/mol. The van der Waals surface area contributed by atoms with Crippen molar-refractivity contribution in [3.63, 3.8) is 0 Å². The first-order valence-corrected chi connectivity index (χ1v) is 9.84. The Morgan fingerprint density at radius 2 is 1.62 bits per heavy atom. The largest absolute Gasteiger partial charge is 0.452 e. The Bertz CT molecular complexity index is 1280. The van der Waals surface area contributed by atoms with Crippen molar-refractivity contribution in [3.05, 3.63) is 69.4 Å². The average Bonchev–Trinajstić information content (AvgIpc) is 2.74. The molecule has 3 aromatic rings. The van der Waals surface area contributed by atoms with Crippen molar-refractivity contribution in [2.45, 2.75) is 32.9 Å². The fourth-order valence-electron chi connectivity index (χ4n) is 3.06. The van der Waals surface area contributed by atoms with Crippen LogP contribution < -0.4 is 21.9 Å². The Balaban J connectivity index is 1.58. The third-order valence-corrected chi connectivity index (χ3v) is 4.59. The molecule has 0 radical (unpaired) electrons. The highest BCUT2D eigenvalue weighted by molar-refractivity contribution is 5.95. The number of fused-ring (bicyclic) bond motifs is 1. The van der Waals surface area contributed by atoms with Crippen molar-refractivity contribution >= 4 is 40.1 Å². The van der Waals surface area contributed by atoms with Gasteiger partial charge >= 0.3 is 11.7 Å². The highest BCUT2D eigenvalue weighted by atomic mass is 16.5. The first-order valence-electron chi connectivity index (χ1n) is 9.84. The summed E-state index contributed by atoms with van der Waals surface area (Å²) in [6.07, 6.45) is -1.24. The van der Waals surface area contributed by atoms with Crippen molar-refractivity contribution in [2.24, 2.45) is 0 Å². The minimum atomic E-state index is -1.07. The summed E-state index contributed by atoms with van der Waals surface area (Å²) in [6, 6.07) is 13.0. The van der Waals surface area contributed by atoms with Crippen LogP contribution in [0.2, 0.25) is 0 Å². The lowest BCUT2D eigenvalue weighted by atomic mass is 10.2. The Kier molecular flexibility index (Phi) is 6.83. The number of aryl methyl sites for hydroxylation is 1. The summed E-state index contributed by atoms with van der Waals surface area (Å²) >= 11 is 0. The fraction of sp³-hybridized carbons (Fsp3) is 0.227. The lowest BCUT2D eigenvalue weighted by Crippen LogP contribution is -2.32. The molecule has 0 aliphatic carbocycles. The van der Waals surface area contributed by atoms with Gasteiger partial charge in [0.05, 0.1) is 17.3 Å². The van der Waals surface area contributed by atoms with Crippen molar-refractivity contribution in [1.82, 2.24) is 9.55 Å². The van der Waals surface area contributed by atoms with E-state index >= 15 is 0 Å². The number of aromatic amines is 1. The SMILES string of the molecule is CC(=O)Nc1ccc(NC(=O)[C@@H](C)OC(=O)CCn2c(=O)[nH]c(=O)c3ccccc32)cc1. The smallest absolute Gasteiger partial charge is 0.328 e. The molecule has 3 rings (SSSR count). The van der Waals surface area contributed by atoms with Gasteiger partial charge in [-0.2, -0.15) is 0 Å². The molecule has 0 unspecified atom stereocenters. The van der Waals surface area contributed by atoms with Crippen LogP contribution in [-0.4, -0.2) is 33.4 Å². The number of carbonyl (C=O) groups excluding carboxylic acids is 3. The molecule has 166 valence electrons. The zero-order valence-corrected chi connectivity index (χ0v) is 17.5. The van der Waals surface area contributed by atoms with Crippen LogP contribution >= 0.6 is 0 Å². The predicted octanol–water partition coefficient (Wildman–Crippen LogP) is 1.61. The van der Waals surface area contributed by atoms with Gasteiger partial charge in [-0.05, 0) is 43.3 Å². The number of hydrogen-bond donors (Lipinski definition) is 3. The number of hydrogen-bond acceptors (Lipinski definition) is 6. The Morgan fingerprint density at radius 3 is 2.28 bits per heavy atom. The lowest BCUT2D eigenvalue weighted by Gasteiger charge is -2.14. The number of rotatable bonds is 7. The Labute approximate surface area is 182 Å². The third-order valence-electron chi connectivity index (χ3n) is 4.59. The van der Waals surface area contributed by atoms with Gasteiger partial charge in [0, 0.05) is 24.8 Å². The van der Waals surface area contributed by atoms with Gasteiger partial charge in [0.25, 0.3) is 11.5 Å². The van der Waals surface area contributed by atoms with E-state index in [1.54, 1.807) is 48.5 Å². The highest BCUT2D eigenvalue weighted by Crippen LogP contribution is 2.14. The highest BCUT2D eigenvalue weighted by Gasteiger charge is 2.18. The summed E-state index contributed by atoms with van der Waals surface area (Å²) in [4.78, 5) is 61.8. The van der Waals surface area contributed by atoms with Crippen LogP contribution in [0.15, 0.2) is 58.1 Å². The standard InChI is InChI=1S/C22H22N4O6/c1-13(20(29)24-16-9-7-15(8-10-16)23-14(2)27)32-19(28)11-12-26-18-6-4-3-5-17(18)21(30)25-22(26)31/h3-10,13H,11-12H2,1-2H3,(H,23,27)(H,24,29)(H,25,30,31)/t13-/m1/s1. The number of ether oxygens (including phenoxy) is 1. The molecule has 1 aromatic heterocycles. The minimum absolute atomic E-state index is 0.0199. The van der Waals surface area contributed by atoms with Gasteiger partial charge in [-0.3, -0.25) is 28.7 Å². The van der Waals surface area contributed by atoms with E-state index in [0.717, 1.165) is 0 Å². The van der Waals surface area contributed by atoms with Crippen molar-refractivity contribution in [2.75, 3.05) is 10.6 Å². The second-order valence-electron chi connectivity index (χ2n) is 7.06. The van der Waals surface area contributed by atoms with Gasteiger partial charge in [-0.25, -0.2) is 4.79 Å². The molecule has 0 aliphatic rings. The first-order chi connectivity index (χ1) is 15.2. The van der Waals surface area contributed by atoms with Crippen LogP contribution in [-0.2, 0) is 25.7 Å². The quantitative estimate of drug-likeness (QED) is 0.479.